The molecular formula is C12H11IN2O2. The predicted molar refractivity (Wildman–Crippen MR) is 71.8 cm³/mol. The Morgan fingerprint density at radius 1 is 1.29 bits per heavy atom. The summed E-state index contributed by atoms with van der Waals surface area (Å²) in [6.07, 6.45) is 3.84. The maximum Gasteiger partial charge on any atom is 0.307 e. The van der Waals surface area contributed by atoms with Crippen molar-refractivity contribution < 1.29 is 9.90 Å². The summed E-state index contributed by atoms with van der Waals surface area (Å²) in [4.78, 5) is 10.5. The molecular weight excluding hydrogens is 331 g/mol. The maximum absolute atomic E-state index is 10.5. The largest absolute Gasteiger partial charge is 0.481 e. The van der Waals surface area contributed by atoms with Crippen molar-refractivity contribution in [2.24, 2.45) is 0 Å². The zero-order valence-electron chi connectivity index (χ0n) is 9.01. The van der Waals surface area contributed by atoms with Gasteiger partial charge in [0.15, 0.2) is 0 Å². The van der Waals surface area contributed by atoms with Gasteiger partial charge in [-0.25, -0.2) is 0 Å². The number of benzene rings is 1. The van der Waals surface area contributed by atoms with Gasteiger partial charge >= 0.3 is 5.97 Å². The van der Waals surface area contributed by atoms with E-state index >= 15 is 0 Å². The van der Waals surface area contributed by atoms with E-state index < -0.39 is 5.97 Å². The fraction of sp³-hybridized carbons (Fsp3) is 0.167. The second-order valence-corrected chi connectivity index (χ2v) is 4.99. The lowest BCUT2D eigenvalue weighted by Gasteiger charge is -2.03. The Morgan fingerprint density at radius 3 is 2.47 bits per heavy atom. The third kappa shape index (κ3) is 3.55. The lowest BCUT2D eigenvalue weighted by molar-refractivity contribution is -0.136. The summed E-state index contributed by atoms with van der Waals surface area (Å²) < 4.78 is 2.96. The summed E-state index contributed by atoms with van der Waals surface area (Å²) in [6, 6.07) is 7.56. The molecule has 0 saturated heterocycles. The molecule has 0 unspecified atom stereocenters. The standard InChI is InChI=1S/C12H11IN2O2/c13-11-6-14-15(8-11)7-10-3-1-9(2-4-10)5-12(16)17/h1-4,6,8H,5,7H2,(H,16,17). The number of aliphatic carboxylic acids is 1. The molecule has 0 saturated carbocycles. The third-order valence-electron chi connectivity index (χ3n) is 2.32. The van der Waals surface area contributed by atoms with Crippen LogP contribution in [-0.2, 0) is 17.8 Å². The van der Waals surface area contributed by atoms with Gasteiger partial charge in [-0.1, -0.05) is 24.3 Å². The smallest absolute Gasteiger partial charge is 0.307 e. The Hall–Kier alpha value is -1.37. The first kappa shape index (κ1) is 12.1. The number of carboxylic acids is 1. The van der Waals surface area contributed by atoms with Gasteiger partial charge in [-0.05, 0) is 33.7 Å². The molecule has 4 nitrogen and oxygen atoms in total. The Morgan fingerprint density at radius 2 is 1.94 bits per heavy atom. The van der Waals surface area contributed by atoms with Crippen molar-refractivity contribution in [2.75, 3.05) is 0 Å². The van der Waals surface area contributed by atoms with Crippen LogP contribution in [0.3, 0.4) is 0 Å². The SMILES string of the molecule is O=C(O)Cc1ccc(Cn2cc(I)cn2)cc1. The summed E-state index contributed by atoms with van der Waals surface area (Å²) in [5.74, 6) is -0.806. The normalized spacial score (nSPS) is 10.4. The topological polar surface area (TPSA) is 55.1 Å². The Bertz CT molecular complexity index is 520. The first-order valence-corrected chi connectivity index (χ1v) is 6.19. The van der Waals surface area contributed by atoms with E-state index in [1.807, 2.05) is 35.1 Å². The Balaban J connectivity index is 2.05. The van der Waals surface area contributed by atoms with Gasteiger partial charge in [0, 0.05) is 6.20 Å². The molecule has 17 heavy (non-hydrogen) atoms. The number of halogens is 1. The zero-order valence-corrected chi connectivity index (χ0v) is 11.2. The first-order chi connectivity index (χ1) is 8.13. The molecule has 0 aliphatic rings. The van der Waals surface area contributed by atoms with Gasteiger partial charge in [0.1, 0.15) is 0 Å². The van der Waals surface area contributed by atoms with E-state index in [0.717, 1.165) is 14.7 Å². The monoisotopic (exact) mass is 342 g/mol. The second kappa shape index (κ2) is 5.31. The van der Waals surface area contributed by atoms with Gasteiger partial charge in [0.25, 0.3) is 0 Å². The summed E-state index contributed by atoms with van der Waals surface area (Å²) in [7, 11) is 0. The molecule has 0 radical (unpaired) electrons. The van der Waals surface area contributed by atoms with Crippen LogP contribution < -0.4 is 0 Å². The predicted octanol–water partition coefficient (Wildman–Crippen LogP) is 2.16. The molecule has 1 aromatic heterocycles. The van der Waals surface area contributed by atoms with Crippen molar-refractivity contribution in [3.05, 3.63) is 51.4 Å². The molecule has 0 amide bonds. The van der Waals surface area contributed by atoms with Crippen molar-refractivity contribution in [3.63, 3.8) is 0 Å². The zero-order chi connectivity index (χ0) is 12.3. The molecule has 0 bridgehead atoms. The lowest BCUT2D eigenvalue weighted by Crippen LogP contribution is -2.02. The molecule has 1 aromatic carbocycles. The van der Waals surface area contributed by atoms with E-state index in [1.54, 1.807) is 6.20 Å². The van der Waals surface area contributed by atoms with Crippen LogP contribution in [0.5, 0.6) is 0 Å². The molecule has 1 N–H and O–H groups in total. The van der Waals surface area contributed by atoms with Crippen LogP contribution in [-0.4, -0.2) is 20.9 Å². The Labute approximate surface area is 112 Å². The van der Waals surface area contributed by atoms with E-state index in [9.17, 15) is 4.79 Å². The summed E-state index contributed by atoms with van der Waals surface area (Å²) >= 11 is 2.21. The fourth-order valence-corrected chi connectivity index (χ4v) is 2.00. The van der Waals surface area contributed by atoms with Gasteiger partial charge in [-0.2, -0.15) is 5.10 Å². The third-order valence-corrected chi connectivity index (χ3v) is 2.88. The molecule has 0 fully saturated rings. The first-order valence-electron chi connectivity index (χ1n) is 5.11. The van der Waals surface area contributed by atoms with Crippen LogP contribution in [0.2, 0.25) is 0 Å². The van der Waals surface area contributed by atoms with E-state index in [1.165, 1.54) is 0 Å². The number of rotatable bonds is 4. The number of hydrogen-bond donors (Lipinski definition) is 1. The fourth-order valence-electron chi connectivity index (χ4n) is 1.55. The molecule has 1 heterocycles. The van der Waals surface area contributed by atoms with Crippen LogP contribution in [0.4, 0.5) is 0 Å². The maximum atomic E-state index is 10.5. The highest BCUT2D eigenvalue weighted by Crippen LogP contribution is 2.08. The molecule has 0 atom stereocenters. The van der Waals surface area contributed by atoms with Crippen molar-refractivity contribution >= 4 is 28.6 Å². The minimum atomic E-state index is -0.806. The number of hydrogen-bond acceptors (Lipinski definition) is 2. The highest BCUT2D eigenvalue weighted by atomic mass is 127. The number of carboxylic acid groups (broad SMARTS) is 1. The quantitative estimate of drug-likeness (QED) is 0.867. The molecule has 88 valence electrons. The number of carbonyl (C=O) groups is 1. The number of nitrogens with zero attached hydrogens (tertiary/aromatic N) is 2. The lowest BCUT2D eigenvalue weighted by atomic mass is 10.1. The molecule has 0 aliphatic heterocycles. The van der Waals surface area contributed by atoms with Gasteiger partial charge in [0.05, 0.1) is 22.7 Å². The van der Waals surface area contributed by atoms with E-state index in [0.29, 0.717) is 6.54 Å². The summed E-state index contributed by atoms with van der Waals surface area (Å²) in [6.45, 7) is 0.705. The van der Waals surface area contributed by atoms with Crippen molar-refractivity contribution in [2.45, 2.75) is 13.0 Å². The number of aromatic nitrogens is 2. The second-order valence-electron chi connectivity index (χ2n) is 3.74. The molecule has 2 rings (SSSR count). The van der Waals surface area contributed by atoms with Crippen LogP contribution in [0.25, 0.3) is 0 Å². The average Bonchev–Trinajstić information content (AvgIpc) is 2.66. The van der Waals surface area contributed by atoms with Gasteiger partial charge in [-0.3, -0.25) is 9.48 Å². The van der Waals surface area contributed by atoms with Crippen molar-refractivity contribution in [1.29, 1.82) is 0 Å². The van der Waals surface area contributed by atoms with Crippen molar-refractivity contribution in [1.82, 2.24) is 9.78 Å². The summed E-state index contributed by atoms with van der Waals surface area (Å²) in [5, 5.41) is 12.9. The van der Waals surface area contributed by atoms with E-state index in [2.05, 4.69) is 27.7 Å². The average molecular weight is 342 g/mol. The molecule has 0 aliphatic carbocycles. The van der Waals surface area contributed by atoms with Crippen LogP contribution in [0, 0.1) is 3.57 Å². The van der Waals surface area contributed by atoms with Gasteiger partial charge in [0.2, 0.25) is 0 Å². The Kier molecular flexibility index (Phi) is 3.78. The highest BCUT2D eigenvalue weighted by molar-refractivity contribution is 14.1. The van der Waals surface area contributed by atoms with Crippen LogP contribution in [0.1, 0.15) is 11.1 Å². The van der Waals surface area contributed by atoms with E-state index in [4.69, 9.17) is 5.11 Å². The molecule has 5 heteroatoms. The van der Waals surface area contributed by atoms with Gasteiger partial charge < -0.3 is 5.11 Å². The van der Waals surface area contributed by atoms with Crippen molar-refractivity contribution in [3.8, 4) is 0 Å². The van der Waals surface area contributed by atoms with E-state index in [-0.39, 0.29) is 6.42 Å². The highest BCUT2D eigenvalue weighted by Gasteiger charge is 2.01. The van der Waals surface area contributed by atoms with Crippen LogP contribution in [0.15, 0.2) is 36.7 Å². The summed E-state index contributed by atoms with van der Waals surface area (Å²) in [5.41, 5.74) is 1.93. The molecule has 0 spiro atoms. The minimum Gasteiger partial charge on any atom is -0.481 e. The van der Waals surface area contributed by atoms with Crippen LogP contribution >= 0.6 is 22.6 Å². The molecule has 2 aromatic rings. The minimum absolute atomic E-state index is 0.0694. The van der Waals surface area contributed by atoms with Gasteiger partial charge in [-0.15, -0.1) is 0 Å².